The number of nitrogens with one attached hydrogen (secondary N) is 1. The Morgan fingerprint density at radius 2 is 2.00 bits per heavy atom. The van der Waals surface area contributed by atoms with E-state index < -0.39 is 11.6 Å². The first-order valence-electron chi connectivity index (χ1n) is 6.45. The Kier molecular flexibility index (Phi) is 3.16. The lowest BCUT2D eigenvalue weighted by molar-refractivity contribution is -0.155. The molecule has 1 saturated heterocycles. The van der Waals surface area contributed by atoms with E-state index in [0.29, 0.717) is 5.76 Å². The van der Waals surface area contributed by atoms with Crippen LogP contribution in [0.15, 0.2) is 16.5 Å². The fraction of sp³-hybridized carbons (Fsp3) is 0.571. The van der Waals surface area contributed by atoms with Gasteiger partial charge < -0.3 is 14.6 Å². The molecule has 0 spiro atoms. The average molecular weight is 264 g/mol. The van der Waals surface area contributed by atoms with Gasteiger partial charge >= 0.3 is 0 Å². The van der Waals surface area contributed by atoms with Gasteiger partial charge in [0, 0.05) is 0 Å². The predicted octanol–water partition coefficient (Wildman–Crippen LogP) is 1.77. The molecule has 2 amide bonds. The van der Waals surface area contributed by atoms with E-state index in [4.69, 9.17) is 4.42 Å². The zero-order chi connectivity index (χ0) is 14.4. The highest BCUT2D eigenvalue weighted by Gasteiger charge is 2.45. The second-order valence-corrected chi connectivity index (χ2v) is 5.63. The SMILES string of the molecule is Cc1ccc(C(C)N2C(=O)C(C)(C)NC(=O)C2C)o1. The largest absolute Gasteiger partial charge is 0.464 e. The molecule has 104 valence electrons. The number of aryl methyl sites for hydroxylation is 1. The summed E-state index contributed by atoms with van der Waals surface area (Å²) in [5.74, 6) is 1.26. The van der Waals surface area contributed by atoms with Gasteiger partial charge in [-0.2, -0.15) is 0 Å². The molecule has 1 aliphatic heterocycles. The molecule has 2 rings (SSSR count). The lowest BCUT2D eigenvalue weighted by atomic mass is 9.95. The van der Waals surface area contributed by atoms with Crippen LogP contribution in [0, 0.1) is 6.92 Å². The van der Waals surface area contributed by atoms with E-state index in [1.54, 1.807) is 25.7 Å². The van der Waals surface area contributed by atoms with Gasteiger partial charge in [-0.25, -0.2) is 0 Å². The topological polar surface area (TPSA) is 62.6 Å². The number of nitrogens with zero attached hydrogens (tertiary/aromatic N) is 1. The molecule has 2 atom stereocenters. The Bertz CT molecular complexity index is 519. The molecule has 1 aliphatic rings. The Labute approximate surface area is 113 Å². The molecule has 5 nitrogen and oxygen atoms in total. The van der Waals surface area contributed by atoms with Crippen LogP contribution in [0.2, 0.25) is 0 Å². The molecule has 2 unspecified atom stereocenters. The molecule has 0 bridgehead atoms. The van der Waals surface area contributed by atoms with Crippen molar-refractivity contribution in [1.82, 2.24) is 10.2 Å². The van der Waals surface area contributed by atoms with Gasteiger partial charge in [0.15, 0.2) is 0 Å². The minimum Gasteiger partial charge on any atom is -0.464 e. The highest BCUT2D eigenvalue weighted by atomic mass is 16.3. The molecule has 0 saturated carbocycles. The van der Waals surface area contributed by atoms with Crippen LogP contribution in [0.3, 0.4) is 0 Å². The van der Waals surface area contributed by atoms with E-state index in [0.717, 1.165) is 5.76 Å². The van der Waals surface area contributed by atoms with Gasteiger partial charge in [0.1, 0.15) is 23.1 Å². The zero-order valence-corrected chi connectivity index (χ0v) is 12.0. The summed E-state index contributed by atoms with van der Waals surface area (Å²) in [7, 11) is 0. The summed E-state index contributed by atoms with van der Waals surface area (Å²) >= 11 is 0. The fourth-order valence-electron chi connectivity index (χ4n) is 2.42. The second-order valence-electron chi connectivity index (χ2n) is 5.63. The third-order valence-corrected chi connectivity index (χ3v) is 3.59. The van der Waals surface area contributed by atoms with E-state index in [9.17, 15) is 9.59 Å². The van der Waals surface area contributed by atoms with Crippen LogP contribution in [-0.2, 0) is 9.59 Å². The summed E-state index contributed by atoms with van der Waals surface area (Å²) in [6.45, 7) is 8.89. The molecule has 0 radical (unpaired) electrons. The number of carbonyl (C=O) groups excluding carboxylic acids is 2. The Hall–Kier alpha value is -1.78. The number of piperazine rings is 1. The molecule has 0 aliphatic carbocycles. The average Bonchev–Trinajstić information content (AvgIpc) is 2.73. The molecule has 1 N–H and O–H groups in total. The van der Waals surface area contributed by atoms with E-state index in [-0.39, 0.29) is 17.9 Å². The molecule has 1 aromatic rings. The normalized spacial score (nSPS) is 24.3. The number of amides is 2. The van der Waals surface area contributed by atoms with Crippen molar-refractivity contribution in [2.75, 3.05) is 0 Å². The van der Waals surface area contributed by atoms with Crippen molar-refractivity contribution in [3.05, 3.63) is 23.7 Å². The number of furan rings is 1. The van der Waals surface area contributed by atoms with Crippen LogP contribution in [0.25, 0.3) is 0 Å². The van der Waals surface area contributed by atoms with Gasteiger partial charge in [-0.15, -0.1) is 0 Å². The highest BCUT2D eigenvalue weighted by Crippen LogP contribution is 2.29. The molecule has 19 heavy (non-hydrogen) atoms. The predicted molar refractivity (Wildman–Crippen MR) is 70.4 cm³/mol. The molecular weight excluding hydrogens is 244 g/mol. The van der Waals surface area contributed by atoms with Gasteiger partial charge in [0.05, 0.1) is 6.04 Å². The zero-order valence-electron chi connectivity index (χ0n) is 12.0. The van der Waals surface area contributed by atoms with Crippen molar-refractivity contribution in [1.29, 1.82) is 0 Å². The van der Waals surface area contributed by atoms with Crippen LogP contribution in [0.4, 0.5) is 0 Å². The lowest BCUT2D eigenvalue weighted by Gasteiger charge is -2.43. The molecule has 0 aromatic carbocycles. The van der Waals surface area contributed by atoms with E-state index >= 15 is 0 Å². The van der Waals surface area contributed by atoms with Crippen LogP contribution in [0.5, 0.6) is 0 Å². The Morgan fingerprint density at radius 3 is 2.53 bits per heavy atom. The summed E-state index contributed by atoms with van der Waals surface area (Å²) in [5, 5.41) is 2.74. The molecule has 1 fully saturated rings. The van der Waals surface area contributed by atoms with Gasteiger partial charge in [0.25, 0.3) is 0 Å². The monoisotopic (exact) mass is 264 g/mol. The highest BCUT2D eigenvalue weighted by molar-refractivity contribution is 5.99. The standard InChI is InChI=1S/C14H20N2O3/c1-8-6-7-11(19-8)9(2)16-10(3)12(17)15-14(4,5)13(16)18/h6-7,9-10H,1-5H3,(H,15,17). The Balaban J connectivity index is 2.35. The summed E-state index contributed by atoms with van der Waals surface area (Å²) in [5.41, 5.74) is -0.876. The number of carbonyl (C=O) groups is 2. The minimum atomic E-state index is -0.876. The van der Waals surface area contributed by atoms with Crippen LogP contribution < -0.4 is 5.32 Å². The lowest BCUT2D eigenvalue weighted by Crippen LogP contribution is -2.67. The summed E-state index contributed by atoms with van der Waals surface area (Å²) < 4.78 is 5.57. The number of hydrogen-bond acceptors (Lipinski definition) is 3. The number of hydrogen-bond donors (Lipinski definition) is 1. The van der Waals surface area contributed by atoms with Crippen molar-refractivity contribution >= 4 is 11.8 Å². The smallest absolute Gasteiger partial charge is 0.249 e. The third kappa shape index (κ3) is 2.25. The third-order valence-electron chi connectivity index (χ3n) is 3.59. The van der Waals surface area contributed by atoms with Crippen LogP contribution >= 0.6 is 0 Å². The maximum atomic E-state index is 12.5. The van der Waals surface area contributed by atoms with Crippen LogP contribution in [0.1, 0.15) is 45.3 Å². The molecule has 1 aromatic heterocycles. The minimum absolute atomic E-state index is 0.0962. The van der Waals surface area contributed by atoms with Crippen molar-refractivity contribution in [3.63, 3.8) is 0 Å². The molecular formula is C14H20N2O3. The second kappa shape index (κ2) is 4.40. The van der Waals surface area contributed by atoms with Crippen LogP contribution in [-0.4, -0.2) is 28.3 Å². The van der Waals surface area contributed by atoms with Crippen molar-refractivity contribution < 1.29 is 14.0 Å². The van der Waals surface area contributed by atoms with E-state index in [2.05, 4.69) is 5.32 Å². The summed E-state index contributed by atoms with van der Waals surface area (Å²) in [6, 6.07) is 2.94. The first kappa shape index (κ1) is 13.6. The van der Waals surface area contributed by atoms with Gasteiger partial charge in [-0.05, 0) is 46.8 Å². The maximum Gasteiger partial charge on any atom is 0.249 e. The molecule has 2 heterocycles. The van der Waals surface area contributed by atoms with E-state index in [1.807, 2.05) is 26.0 Å². The van der Waals surface area contributed by atoms with Crippen molar-refractivity contribution in [2.45, 2.75) is 52.2 Å². The van der Waals surface area contributed by atoms with Crippen molar-refractivity contribution in [3.8, 4) is 0 Å². The summed E-state index contributed by atoms with van der Waals surface area (Å²) in [4.78, 5) is 26.1. The summed E-state index contributed by atoms with van der Waals surface area (Å²) in [6.07, 6.45) is 0. The first-order chi connectivity index (χ1) is 8.74. The first-order valence-corrected chi connectivity index (χ1v) is 6.45. The van der Waals surface area contributed by atoms with Crippen molar-refractivity contribution in [2.24, 2.45) is 0 Å². The fourth-order valence-corrected chi connectivity index (χ4v) is 2.42. The number of rotatable bonds is 2. The van der Waals surface area contributed by atoms with Gasteiger partial charge in [0.2, 0.25) is 11.8 Å². The quantitative estimate of drug-likeness (QED) is 0.885. The molecule has 5 heteroatoms. The van der Waals surface area contributed by atoms with Gasteiger partial charge in [-0.3, -0.25) is 9.59 Å². The van der Waals surface area contributed by atoms with Gasteiger partial charge in [-0.1, -0.05) is 0 Å². The van der Waals surface area contributed by atoms with E-state index in [1.165, 1.54) is 0 Å². The Morgan fingerprint density at radius 1 is 1.37 bits per heavy atom. The maximum absolute atomic E-state index is 12.5.